The summed E-state index contributed by atoms with van der Waals surface area (Å²) in [5, 5.41) is 0. The van der Waals surface area contributed by atoms with E-state index in [-0.39, 0.29) is 17.3 Å². The van der Waals surface area contributed by atoms with Crippen molar-refractivity contribution in [2.75, 3.05) is 7.11 Å². The third-order valence-electron chi connectivity index (χ3n) is 4.56. The van der Waals surface area contributed by atoms with Crippen LogP contribution in [0.15, 0.2) is 58.3 Å². The SMILES string of the molecule is COC(=O)[C@@H]1C[C@H]1c1ccc(Sc2ccc(C(C)(C)C)cc2)cc1. The Kier molecular flexibility index (Phi) is 4.73. The molecule has 0 spiro atoms. The van der Waals surface area contributed by atoms with Gasteiger partial charge in [0.1, 0.15) is 0 Å². The zero-order chi connectivity index (χ0) is 17.3. The minimum absolute atomic E-state index is 0.0541. The van der Waals surface area contributed by atoms with Crippen LogP contribution in [0.3, 0.4) is 0 Å². The Morgan fingerprint density at radius 1 is 1.00 bits per heavy atom. The largest absolute Gasteiger partial charge is 0.469 e. The van der Waals surface area contributed by atoms with Gasteiger partial charge >= 0.3 is 5.97 Å². The lowest BCUT2D eigenvalue weighted by molar-refractivity contribution is -0.142. The van der Waals surface area contributed by atoms with Crippen molar-refractivity contribution in [3.8, 4) is 0 Å². The first kappa shape index (κ1) is 17.1. The summed E-state index contributed by atoms with van der Waals surface area (Å²) in [6.07, 6.45) is 0.910. The van der Waals surface area contributed by atoms with Crippen LogP contribution in [0, 0.1) is 5.92 Å². The van der Waals surface area contributed by atoms with Gasteiger partial charge < -0.3 is 4.74 Å². The molecule has 3 heteroatoms. The summed E-state index contributed by atoms with van der Waals surface area (Å²) in [4.78, 5) is 14.0. The molecule has 0 radical (unpaired) electrons. The Morgan fingerprint density at radius 2 is 1.54 bits per heavy atom. The lowest BCUT2D eigenvalue weighted by Gasteiger charge is -2.19. The minimum atomic E-state index is -0.0858. The number of hydrogen-bond donors (Lipinski definition) is 0. The Bertz CT molecular complexity index is 711. The average molecular weight is 340 g/mol. The fourth-order valence-electron chi connectivity index (χ4n) is 2.92. The van der Waals surface area contributed by atoms with Crippen LogP contribution in [0.5, 0.6) is 0 Å². The van der Waals surface area contributed by atoms with Gasteiger partial charge in [-0.1, -0.05) is 56.8 Å². The molecular weight excluding hydrogens is 316 g/mol. The van der Waals surface area contributed by atoms with Gasteiger partial charge in [-0.3, -0.25) is 4.79 Å². The lowest BCUT2D eigenvalue weighted by Crippen LogP contribution is -2.10. The van der Waals surface area contributed by atoms with Crippen molar-refractivity contribution in [3.05, 3.63) is 59.7 Å². The second kappa shape index (κ2) is 6.64. The molecule has 3 rings (SSSR count). The normalized spacial score (nSPS) is 19.8. The summed E-state index contributed by atoms with van der Waals surface area (Å²) >= 11 is 1.77. The fraction of sp³-hybridized carbons (Fsp3) is 0.381. The maximum atomic E-state index is 11.5. The average Bonchev–Trinajstić information content (AvgIpc) is 3.35. The molecule has 126 valence electrons. The summed E-state index contributed by atoms with van der Waals surface area (Å²) in [6.45, 7) is 6.69. The van der Waals surface area contributed by atoms with Crippen molar-refractivity contribution < 1.29 is 9.53 Å². The molecule has 0 bridgehead atoms. The molecule has 2 nitrogen and oxygen atoms in total. The zero-order valence-corrected chi connectivity index (χ0v) is 15.5. The molecule has 0 N–H and O–H groups in total. The van der Waals surface area contributed by atoms with E-state index in [0.29, 0.717) is 5.92 Å². The predicted molar refractivity (Wildman–Crippen MR) is 98.6 cm³/mol. The molecule has 2 atom stereocenters. The van der Waals surface area contributed by atoms with Gasteiger partial charge in [-0.15, -0.1) is 0 Å². The summed E-state index contributed by atoms with van der Waals surface area (Å²) < 4.78 is 4.82. The van der Waals surface area contributed by atoms with Gasteiger partial charge in [-0.2, -0.15) is 0 Å². The number of ether oxygens (including phenoxy) is 1. The van der Waals surface area contributed by atoms with E-state index in [1.807, 2.05) is 0 Å². The van der Waals surface area contributed by atoms with E-state index in [4.69, 9.17) is 4.74 Å². The summed E-state index contributed by atoms with van der Waals surface area (Å²) in [6, 6.07) is 17.4. The maximum absolute atomic E-state index is 11.5. The Balaban J connectivity index is 1.64. The van der Waals surface area contributed by atoms with E-state index >= 15 is 0 Å². The first-order valence-corrected chi connectivity index (χ1v) is 9.16. The van der Waals surface area contributed by atoms with Crippen LogP contribution in [0.25, 0.3) is 0 Å². The number of esters is 1. The van der Waals surface area contributed by atoms with E-state index in [1.54, 1.807) is 11.8 Å². The van der Waals surface area contributed by atoms with Gasteiger partial charge in [0.2, 0.25) is 0 Å². The van der Waals surface area contributed by atoms with Crippen LogP contribution in [-0.4, -0.2) is 13.1 Å². The molecule has 1 aliphatic carbocycles. The molecule has 2 aromatic carbocycles. The maximum Gasteiger partial charge on any atom is 0.309 e. The van der Waals surface area contributed by atoms with Gasteiger partial charge in [0, 0.05) is 9.79 Å². The molecule has 0 aliphatic heterocycles. The second-order valence-electron chi connectivity index (χ2n) is 7.42. The molecule has 0 amide bonds. The van der Waals surface area contributed by atoms with Crippen molar-refractivity contribution >= 4 is 17.7 Å². The fourth-order valence-corrected chi connectivity index (χ4v) is 3.73. The third-order valence-corrected chi connectivity index (χ3v) is 5.57. The highest BCUT2D eigenvalue weighted by molar-refractivity contribution is 7.99. The summed E-state index contributed by atoms with van der Waals surface area (Å²) in [7, 11) is 1.46. The number of methoxy groups -OCH3 is 1. The molecule has 24 heavy (non-hydrogen) atoms. The number of carbonyl (C=O) groups is 1. The van der Waals surface area contributed by atoms with E-state index in [1.165, 1.54) is 28.0 Å². The molecule has 0 unspecified atom stereocenters. The van der Waals surface area contributed by atoms with Crippen molar-refractivity contribution in [1.82, 2.24) is 0 Å². The molecule has 0 heterocycles. The van der Waals surface area contributed by atoms with Crippen LogP contribution in [0.2, 0.25) is 0 Å². The van der Waals surface area contributed by atoms with Gasteiger partial charge in [0.05, 0.1) is 13.0 Å². The first-order valence-electron chi connectivity index (χ1n) is 8.34. The third kappa shape index (κ3) is 3.84. The predicted octanol–water partition coefficient (Wildman–Crippen LogP) is 5.41. The molecule has 1 saturated carbocycles. The quantitative estimate of drug-likeness (QED) is 0.696. The highest BCUT2D eigenvalue weighted by atomic mass is 32.2. The highest BCUT2D eigenvalue weighted by Crippen LogP contribution is 2.48. The Morgan fingerprint density at radius 3 is 2.04 bits per heavy atom. The standard InChI is InChI=1S/C21H24O2S/c1-21(2,3)15-7-11-17(12-8-15)24-16-9-5-14(6-10-16)18-13-19(18)20(22)23-4/h5-12,18-19H,13H2,1-4H3/t18-,19+/m0/s1. The van der Waals surface area contributed by atoms with E-state index in [0.717, 1.165) is 6.42 Å². The Hall–Kier alpha value is -1.74. The summed E-state index contributed by atoms with van der Waals surface area (Å²) in [5.74, 6) is 0.304. The van der Waals surface area contributed by atoms with E-state index in [2.05, 4.69) is 69.3 Å². The van der Waals surface area contributed by atoms with Gasteiger partial charge in [0.25, 0.3) is 0 Å². The van der Waals surface area contributed by atoms with Gasteiger partial charge in [0.15, 0.2) is 0 Å². The molecule has 0 aromatic heterocycles. The molecule has 2 aromatic rings. The van der Waals surface area contributed by atoms with Crippen LogP contribution in [0.1, 0.15) is 44.2 Å². The Labute approximate surface area is 148 Å². The van der Waals surface area contributed by atoms with Crippen LogP contribution >= 0.6 is 11.8 Å². The number of rotatable bonds is 4. The second-order valence-corrected chi connectivity index (χ2v) is 8.56. The van der Waals surface area contributed by atoms with Crippen LogP contribution in [-0.2, 0) is 14.9 Å². The van der Waals surface area contributed by atoms with Crippen molar-refractivity contribution in [1.29, 1.82) is 0 Å². The van der Waals surface area contributed by atoms with Crippen LogP contribution in [0.4, 0.5) is 0 Å². The molecule has 0 saturated heterocycles. The number of carbonyl (C=O) groups excluding carboxylic acids is 1. The minimum Gasteiger partial charge on any atom is -0.469 e. The first-order chi connectivity index (χ1) is 11.4. The van der Waals surface area contributed by atoms with E-state index < -0.39 is 0 Å². The topological polar surface area (TPSA) is 26.3 Å². The van der Waals surface area contributed by atoms with Crippen molar-refractivity contribution in [3.63, 3.8) is 0 Å². The number of benzene rings is 2. The van der Waals surface area contributed by atoms with Crippen molar-refractivity contribution in [2.45, 2.75) is 48.3 Å². The van der Waals surface area contributed by atoms with Crippen LogP contribution < -0.4 is 0 Å². The smallest absolute Gasteiger partial charge is 0.309 e. The molecular formula is C21H24O2S. The van der Waals surface area contributed by atoms with Gasteiger partial charge in [-0.25, -0.2) is 0 Å². The number of hydrogen-bond acceptors (Lipinski definition) is 3. The lowest BCUT2D eigenvalue weighted by atomic mass is 9.87. The van der Waals surface area contributed by atoms with Gasteiger partial charge in [-0.05, 0) is 53.1 Å². The highest BCUT2D eigenvalue weighted by Gasteiger charge is 2.44. The summed E-state index contributed by atoms with van der Waals surface area (Å²) in [5.41, 5.74) is 2.77. The zero-order valence-electron chi connectivity index (χ0n) is 14.7. The molecule has 1 fully saturated rings. The molecule has 1 aliphatic rings. The van der Waals surface area contributed by atoms with Crippen molar-refractivity contribution in [2.24, 2.45) is 5.92 Å². The van der Waals surface area contributed by atoms with E-state index in [9.17, 15) is 4.79 Å². The monoisotopic (exact) mass is 340 g/mol.